The number of hydrogen-bond acceptors (Lipinski definition) is 5. The van der Waals surface area contributed by atoms with Crippen LogP contribution in [-0.2, 0) is 18.6 Å². The van der Waals surface area contributed by atoms with Gasteiger partial charge in [0.15, 0.2) is 0 Å². The summed E-state index contributed by atoms with van der Waals surface area (Å²) >= 11 is 0. The van der Waals surface area contributed by atoms with E-state index in [-0.39, 0.29) is 18.2 Å². The third kappa shape index (κ3) is 9.06. The van der Waals surface area contributed by atoms with Gasteiger partial charge in [-0.3, -0.25) is 4.79 Å². The lowest BCUT2D eigenvalue weighted by Gasteiger charge is -2.42. The van der Waals surface area contributed by atoms with Crippen LogP contribution in [-0.4, -0.2) is 31.3 Å². The van der Waals surface area contributed by atoms with E-state index in [1.54, 1.807) is 0 Å². The highest BCUT2D eigenvalue weighted by molar-refractivity contribution is 7.45. The second-order valence-corrected chi connectivity index (χ2v) is 13.2. The third-order valence-electron chi connectivity index (χ3n) is 7.84. The predicted molar refractivity (Wildman–Crippen MR) is 138 cm³/mol. The molecule has 2 rings (SSSR count). The van der Waals surface area contributed by atoms with Crippen LogP contribution in [0.25, 0.3) is 0 Å². The Balaban J connectivity index is 2.26. The van der Waals surface area contributed by atoms with E-state index in [0.29, 0.717) is 47.8 Å². The molecular weight excluding hydrogens is 433 g/mol. The first-order valence-electron chi connectivity index (χ1n) is 13.5. The number of hydrogen-bond donors (Lipinski definition) is 1. The smallest absolute Gasteiger partial charge is 0.323 e. The van der Waals surface area contributed by atoms with Crippen molar-refractivity contribution in [2.75, 3.05) is 7.11 Å². The molecule has 2 fully saturated rings. The molecule has 194 valence electrons. The predicted octanol–water partition coefficient (Wildman–Crippen LogP) is 7.35. The summed E-state index contributed by atoms with van der Waals surface area (Å²) in [6.45, 7) is 18.2. The standard InChI is InChI=1S/C27H52NO4P/c1-17(2)14-24(27(29)30-9)28-33(31-25-15-20(7)10-12-22(25)18(3)4)32-26-16-21(8)11-13-23(26)19(5)6/h17-26,28H,10-16H2,1-9H3/t20-,21-,22+,23+,24-,25-,26-/m1/s1. The number of carbonyl (C=O) groups is 1. The van der Waals surface area contributed by atoms with E-state index in [1.165, 1.54) is 32.8 Å². The van der Waals surface area contributed by atoms with Crippen LogP contribution in [0.15, 0.2) is 0 Å². The minimum absolute atomic E-state index is 0.170. The van der Waals surface area contributed by atoms with Crippen LogP contribution in [0.4, 0.5) is 0 Å². The highest BCUT2D eigenvalue weighted by Gasteiger charge is 2.39. The van der Waals surface area contributed by atoms with Gasteiger partial charge in [0.2, 0.25) is 0 Å². The molecule has 7 atom stereocenters. The van der Waals surface area contributed by atoms with E-state index in [1.807, 2.05) is 0 Å². The summed E-state index contributed by atoms with van der Waals surface area (Å²) in [4.78, 5) is 12.6. The van der Waals surface area contributed by atoms with Gasteiger partial charge in [-0.05, 0) is 73.5 Å². The van der Waals surface area contributed by atoms with Crippen LogP contribution in [0.2, 0.25) is 0 Å². The van der Waals surface area contributed by atoms with Gasteiger partial charge >= 0.3 is 5.97 Å². The maximum absolute atomic E-state index is 12.6. The Bertz CT molecular complexity index is 550. The number of rotatable bonds is 11. The number of ether oxygens (including phenoxy) is 1. The summed E-state index contributed by atoms with van der Waals surface area (Å²) in [7, 11) is 0.0625. The molecule has 0 amide bonds. The number of nitrogens with one attached hydrogen (secondary N) is 1. The van der Waals surface area contributed by atoms with Gasteiger partial charge in [0.1, 0.15) is 6.04 Å². The molecule has 0 radical (unpaired) electrons. The Morgan fingerprint density at radius 3 is 1.67 bits per heavy atom. The maximum Gasteiger partial charge on any atom is 0.323 e. The Morgan fingerprint density at radius 2 is 1.30 bits per heavy atom. The summed E-state index contributed by atoms with van der Waals surface area (Å²) in [6.07, 6.45) is 8.12. The van der Waals surface area contributed by atoms with Crippen LogP contribution < -0.4 is 5.09 Å². The summed E-state index contributed by atoms with van der Waals surface area (Å²) in [5, 5.41) is 3.53. The van der Waals surface area contributed by atoms with Crippen molar-refractivity contribution >= 4 is 14.5 Å². The Kier molecular flexibility index (Phi) is 12.1. The molecule has 0 saturated heterocycles. The van der Waals surface area contributed by atoms with E-state index in [9.17, 15) is 4.79 Å². The number of esters is 1. The van der Waals surface area contributed by atoms with Crippen molar-refractivity contribution < 1.29 is 18.6 Å². The molecule has 0 unspecified atom stereocenters. The zero-order valence-corrected chi connectivity index (χ0v) is 23.7. The second-order valence-electron chi connectivity index (χ2n) is 12.0. The van der Waals surface area contributed by atoms with Gasteiger partial charge in [0, 0.05) is 0 Å². The molecule has 2 aliphatic carbocycles. The second kappa shape index (κ2) is 13.8. The van der Waals surface area contributed by atoms with E-state index in [2.05, 4.69) is 60.5 Å². The molecule has 2 saturated carbocycles. The summed E-state index contributed by atoms with van der Waals surface area (Å²) < 4.78 is 18.8. The fourth-order valence-corrected chi connectivity index (χ4v) is 7.36. The Labute approximate surface area is 205 Å². The first-order valence-corrected chi connectivity index (χ1v) is 14.7. The van der Waals surface area contributed by atoms with Crippen LogP contribution in [0, 0.1) is 41.4 Å². The SMILES string of the molecule is COC(=O)[C@@H](CC(C)C)NP(O[C@@H]1C[C@H](C)CC[C@H]1C(C)C)O[C@@H]1C[C@H](C)CC[C@H]1C(C)C. The fourth-order valence-electron chi connectivity index (χ4n) is 5.75. The third-order valence-corrected chi connectivity index (χ3v) is 9.29. The zero-order valence-electron chi connectivity index (χ0n) is 22.8. The highest BCUT2D eigenvalue weighted by atomic mass is 31.2. The Morgan fingerprint density at radius 1 is 0.848 bits per heavy atom. The fraction of sp³-hybridized carbons (Fsp3) is 0.963. The van der Waals surface area contributed by atoms with Crippen molar-refractivity contribution in [3.05, 3.63) is 0 Å². The lowest BCUT2D eigenvalue weighted by atomic mass is 9.75. The topological polar surface area (TPSA) is 56.8 Å². The summed E-state index contributed by atoms with van der Waals surface area (Å²) in [5.41, 5.74) is 0. The summed E-state index contributed by atoms with van der Waals surface area (Å²) in [5.74, 6) is 3.68. The van der Waals surface area contributed by atoms with Crippen molar-refractivity contribution in [2.24, 2.45) is 41.4 Å². The molecule has 5 nitrogen and oxygen atoms in total. The molecule has 0 aromatic carbocycles. The average molecular weight is 486 g/mol. The molecule has 0 heterocycles. The highest BCUT2D eigenvalue weighted by Crippen LogP contribution is 2.48. The molecule has 0 bridgehead atoms. The summed E-state index contributed by atoms with van der Waals surface area (Å²) in [6, 6.07) is -0.405. The van der Waals surface area contributed by atoms with Gasteiger partial charge in [-0.1, -0.05) is 68.2 Å². The van der Waals surface area contributed by atoms with E-state index < -0.39 is 14.6 Å². The van der Waals surface area contributed by atoms with Crippen molar-refractivity contribution in [1.29, 1.82) is 0 Å². The first kappa shape index (κ1) is 29.0. The molecule has 1 N–H and O–H groups in total. The van der Waals surface area contributed by atoms with Crippen molar-refractivity contribution in [2.45, 2.75) is 119 Å². The van der Waals surface area contributed by atoms with Crippen LogP contribution in [0.1, 0.15) is 100 Å². The van der Waals surface area contributed by atoms with Crippen molar-refractivity contribution in [3.8, 4) is 0 Å². The zero-order chi connectivity index (χ0) is 24.7. The van der Waals surface area contributed by atoms with Crippen LogP contribution >= 0.6 is 8.53 Å². The van der Waals surface area contributed by atoms with Crippen molar-refractivity contribution in [1.82, 2.24) is 5.09 Å². The van der Waals surface area contributed by atoms with E-state index in [0.717, 1.165) is 12.8 Å². The first-order chi connectivity index (χ1) is 15.5. The van der Waals surface area contributed by atoms with Crippen LogP contribution in [0.3, 0.4) is 0 Å². The average Bonchev–Trinajstić information content (AvgIpc) is 2.71. The molecule has 0 spiro atoms. The van der Waals surface area contributed by atoms with E-state index in [4.69, 9.17) is 13.8 Å². The van der Waals surface area contributed by atoms with Gasteiger partial charge < -0.3 is 13.8 Å². The van der Waals surface area contributed by atoms with Gasteiger partial charge in [0.05, 0.1) is 19.3 Å². The molecule has 0 aromatic heterocycles. The molecule has 6 heteroatoms. The largest absolute Gasteiger partial charge is 0.468 e. The van der Waals surface area contributed by atoms with Gasteiger partial charge in [-0.15, -0.1) is 0 Å². The number of methoxy groups -OCH3 is 1. The van der Waals surface area contributed by atoms with Gasteiger partial charge in [-0.2, -0.15) is 0 Å². The minimum Gasteiger partial charge on any atom is -0.468 e. The van der Waals surface area contributed by atoms with Gasteiger partial charge in [-0.25, -0.2) is 5.09 Å². The molecule has 0 aliphatic heterocycles. The monoisotopic (exact) mass is 485 g/mol. The van der Waals surface area contributed by atoms with Gasteiger partial charge in [0.25, 0.3) is 8.53 Å². The molecule has 0 aromatic rings. The number of carbonyl (C=O) groups excluding carboxylic acids is 1. The van der Waals surface area contributed by atoms with Crippen molar-refractivity contribution in [3.63, 3.8) is 0 Å². The lowest BCUT2D eigenvalue weighted by molar-refractivity contribution is -0.143. The molecular formula is C27H52NO4P. The molecule has 33 heavy (non-hydrogen) atoms. The normalized spacial score (nSPS) is 32.0. The Hall–Kier alpha value is -0.220. The van der Waals surface area contributed by atoms with Crippen LogP contribution in [0.5, 0.6) is 0 Å². The minimum atomic E-state index is -1.41. The lowest BCUT2D eigenvalue weighted by Crippen LogP contribution is -2.41. The molecule has 2 aliphatic rings. The van der Waals surface area contributed by atoms with E-state index >= 15 is 0 Å². The quantitative estimate of drug-likeness (QED) is 0.245. The maximum atomic E-state index is 12.6.